The minimum atomic E-state index is -0.359. The first-order valence-corrected chi connectivity index (χ1v) is 6.27. The highest BCUT2D eigenvalue weighted by atomic mass is 32.2. The van der Waals surface area contributed by atoms with Crippen LogP contribution < -0.4 is 0 Å². The first-order chi connectivity index (χ1) is 7.77. The highest BCUT2D eigenvalue weighted by Gasteiger charge is 2.25. The van der Waals surface area contributed by atoms with E-state index in [0.717, 1.165) is 0 Å². The summed E-state index contributed by atoms with van der Waals surface area (Å²) in [6.07, 6.45) is 7.83. The van der Waals surface area contributed by atoms with Gasteiger partial charge in [-0.2, -0.15) is 0 Å². The van der Waals surface area contributed by atoms with Crippen LogP contribution in [0.1, 0.15) is 17.7 Å². The van der Waals surface area contributed by atoms with Crippen LogP contribution in [0.25, 0.3) is 0 Å². The third kappa shape index (κ3) is 3.02. The molecule has 0 unspecified atom stereocenters. The van der Waals surface area contributed by atoms with E-state index >= 15 is 0 Å². The number of benzene rings is 1. The topological polar surface area (TPSA) is 20.2 Å². The minimum Gasteiger partial charge on any atom is -0.392 e. The Morgan fingerprint density at radius 3 is 2.25 bits per heavy atom. The molecule has 5 radical (unpaired) electrons. The molecular formula is C14H15OS. The van der Waals surface area contributed by atoms with E-state index < -0.39 is 0 Å². The van der Waals surface area contributed by atoms with Gasteiger partial charge in [-0.15, -0.1) is 11.8 Å². The first-order valence-electron chi connectivity index (χ1n) is 5.39. The summed E-state index contributed by atoms with van der Waals surface area (Å²) in [4.78, 5) is 0. The van der Waals surface area contributed by atoms with Crippen LogP contribution in [0.5, 0.6) is 0 Å². The van der Waals surface area contributed by atoms with Crippen LogP contribution >= 0.6 is 11.8 Å². The molecular weight excluding hydrogens is 216 g/mol. The van der Waals surface area contributed by atoms with Crippen LogP contribution in [0.3, 0.4) is 0 Å². The van der Waals surface area contributed by atoms with E-state index in [1.54, 1.807) is 11.8 Å². The average molecular weight is 231 g/mol. The second-order valence-electron chi connectivity index (χ2n) is 3.81. The summed E-state index contributed by atoms with van der Waals surface area (Å²) < 4.78 is 0. The fourth-order valence-electron chi connectivity index (χ4n) is 1.67. The van der Waals surface area contributed by atoms with E-state index in [1.807, 2.05) is 38.0 Å². The van der Waals surface area contributed by atoms with Crippen molar-refractivity contribution in [1.82, 2.24) is 0 Å². The zero-order chi connectivity index (χ0) is 11.4. The van der Waals surface area contributed by atoms with E-state index in [9.17, 15) is 5.11 Å². The smallest absolute Gasteiger partial charge is 0.0671 e. The molecule has 0 amide bonds. The Labute approximate surface area is 102 Å². The second kappa shape index (κ2) is 5.74. The van der Waals surface area contributed by atoms with Gasteiger partial charge in [-0.1, -0.05) is 30.3 Å². The summed E-state index contributed by atoms with van der Waals surface area (Å²) in [6.45, 7) is 1.84. The summed E-state index contributed by atoms with van der Waals surface area (Å²) in [5, 5.41) is 11.1. The minimum absolute atomic E-state index is 0.101. The number of aliphatic hydroxyl groups excluding tert-OH is 1. The number of aliphatic hydroxyl groups is 1. The molecule has 0 spiro atoms. The van der Waals surface area contributed by atoms with E-state index in [4.69, 9.17) is 0 Å². The molecule has 1 saturated carbocycles. The molecule has 1 aliphatic rings. The Balaban J connectivity index is 2.05. The van der Waals surface area contributed by atoms with E-state index in [2.05, 4.69) is 25.0 Å². The zero-order valence-corrected chi connectivity index (χ0v) is 10.0. The van der Waals surface area contributed by atoms with Gasteiger partial charge in [-0.05, 0) is 38.2 Å². The summed E-state index contributed by atoms with van der Waals surface area (Å²) >= 11 is 1.71. The predicted molar refractivity (Wildman–Crippen MR) is 68.9 cm³/mol. The maximum absolute atomic E-state index is 9.84. The van der Waals surface area contributed by atoms with Crippen molar-refractivity contribution in [3.05, 3.63) is 66.8 Å². The van der Waals surface area contributed by atoms with Gasteiger partial charge < -0.3 is 5.11 Å². The van der Waals surface area contributed by atoms with Gasteiger partial charge >= 0.3 is 0 Å². The van der Waals surface area contributed by atoms with E-state index in [0.29, 0.717) is 0 Å². The Morgan fingerprint density at radius 1 is 1.06 bits per heavy atom. The van der Waals surface area contributed by atoms with Gasteiger partial charge in [0, 0.05) is 5.25 Å². The molecule has 1 nitrogen and oxygen atoms in total. The molecule has 2 rings (SSSR count). The number of rotatable bonds is 4. The fourth-order valence-corrected chi connectivity index (χ4v) is 2.77. The van der Waals surface area contributed by atoms with Gasteiger partial charge in [0.05, 0.1) is 11.4 Å². The van der Waals surface area contributed by atoms with E-state index in [1.165, 1.54) is 10.8 Å². The van der Waals surface area contributed by atoms with Gasteiger partial charge in [0.1, 0.15) is 0 Å². The molecule has 83 valence electrons. The molecule has 1 N–H and O–H groups in total. The quantitative estimate of drug-likeness (QED) is 0.858. The summed E-state index contributed by atoms with van der Waals surface area (Å²) in [7, 11) is 0. The lowest BCUT2D eigenvalue weighted by molar-refractivity contribution is 0.192. The van der Waals surface area contributed by atoms with Crippen molar-refractivity contribution in [1.29, 1.82) is 0 Å². The van der Waals surface area contributed by atoms with Gasteiger partial charge in [-0.25, -0.2) is 0 Å². The zero-order valence-electron chi connectivity index (χ0n) is 9.21. The third-order valence-electron chi connectivity index (χ3n) is 2.46. The molecule has 0 saturated heterocycles. The molecule has 0 heterocycles. The Bertz CT molecular complexity index is 304. The molecule has 1 aromatic carbocycles. The van der Waals surface area contributed by atoms with E-state index in [-0.39, 0.29) is 11.4 Å². The van der Waals surface area contributed by atoms with Crippen molar-refractivity contribution >= 4 is 11.8 Å². The van der Waals surface area contributed by atoms with Crippen molar-refractivity contribution in [2.24, 2.45) is 0 Å². The number of thioether (sulfide) groups is 1. The first kappa shape index (κ1) is 12.0. The molecule has 16 heavy (non-hydrogen) atoms. The van der Waals surface area contributed by atoms with Crippen LogP contribution in [-0.2, 0) is 0 Å². The lowest BCUT2D eigenvalue weighted by Crippen LogP contribution is -2.12. The average Bonchev–Trinajstić information content (AvgIpc) is 2.79. The lowest BCUT2D eigenvalue weighted by Gasteiger charge is -2.22. The van der Waals surface area contributed by atoms with Crippen molar-refractivity contribution in [2.45, 2.75) is 18.3 Å². The molecule has 0 aromatic heterocycles. The molecule has 1 fully saturated rings. The lowest BCUT2D eigenvalue weighted by atomic mass is 10.1. The maximum atomic E-state index is 9.84. The van der Waals surface area contributed by atoms with Gasteiger partial charge in [0.2, 0.25) is 0 Å². The third-order valence-corrected chi connectivity index (χ3v) is 3.93. The highest BCUT2D eigenvalue weighted by molar-refractivity contribution is 8.02. The SMILES string of the molecule is C[C@@H](O)[C@@H](S[C]1[CH][CH][CH][CH]1)c1ccccc1. The monoisotopic (exact) mass is 231 g/mol. The number of hydrogen-bond donors (Lipinski definition) is 1. The largest absolute Gasteiger partial charge is 0.392 e. The fraction of sp³-hybridized carbons (Fsp3) is 0.214. The Hall–Kier alpha value is -0.470. The molecule has 0 aliphatic heterocycles. The molecule has 1 aliphatic carbocycles. The molecule has 2 heteroatoms. The van der Waals surface area contributed by atoms with Crippen LogP contribution in [-0.4, -0.2) is 11.2 Å². The standard InChI is InChI=1S/C14H15OS/c1-11(15)14(12-7-3-2-4-8-12)16-13-9-5-6-10-13/h2-11,14-15H,1H3/t11-,14-/m1/s1. The van der Waals surface area contributed by atoms with Crippen molar-refractivity contribution in [2.75, 3.05) is 0 Å². The van der Waals surface area contributed by atoms with Gasteiger partial charge in [0.15, 0.2) is 0 Å². The van der Waals surface area contributed by atoms with Crippen molar-refractivity contribution in [3.63, 3.8) is 0 Å². The van der Waals surface area contributed by atoms with Crippen molar-refractivity contribution < 1.29 is 5.11 Å². The Morgan fingerprint density at radius 2 is 1.69 bits per heavy atom. The van der Waals surface area contributed by atoms with Crippen LogP contribution in [0.15, 0.2) is 30.3 Å². The normalized spacial score (nSPS) is 20.9. The number of hydrogen-bond acceptors (Lipinski definition) is 2. The predicted octanol–water partition coefficient (Wildman–Crippen LogP) is 3.20. The van der Waals surface area contributed by atoms with Crippen molar-refractivity contribution in [3.8, 4) is 0 Å². The second-order valence-corrected chi connectivity index (χ2v) is 5.03. The molecule has 1 aromatic rings. The summed E-state index contributed by atoms with van der Waals surface area (Å²) in [6, 6.07) is 10.1. The highest BCUT2D eigenvalue weighted by Crippen LogP contribution is 2.44. The molecule has 0 bridgehead atoms. The maximum Gasteiger partial charge on any atom is 0.0671 e. The molecule has 2 atom stereocenters. The van der Waals surface area contributed by atoms with Crippen LogP contribution in [0.4, 0.5) is 0 Å². The summed E-state index contributed by atoms with van der Waals surface area (Å²) in [5.41, 5.74) is 1.17. The van der Waals surface area contributed by atoms with Crippen LogP contribution in [0.2, 0.25) is 0 Å². The Kier molecular flexibility index (Phi) is 4.30. The van der Waals surface area contributed by atoms with Crippen LogP contribution in [0, 0.1) is 30.9 Å². The van der Waals surface area contributed by atoms with Gasteiger partial charge in [-0.3, -0.25) is 0 Å². The van der Waals surface area contributed by atoms with Gasteiger partial charge in [0.25, 0.3) is 0 Å². The summed E-state index contributed by atoms with van der Waals surface area (Å²) in [5.74, 6) is 0.